The molecule has 1 unspecified atom stereocenters. The van der Waals surface area contributed by atoms with Crippen LogP contribution in [0.25, 0.3) is 0 Å². The zero-order valence-corrected chi connectivity index (χ0v) is 14.1. The number of rotatable bonds is 10. The predicted molar refractivity (Wildman–Crippen MR) is 89.3 cm³/mol. The van der Waals surface area contributed by atoms with Gasteiger partial charge in [-0.1, -0.05) is 58.8 Å². The summed E-state index contributed by atoms with van der Waals surface area (Å²) in [5.41, 5.74) is 0. The molecule has 0 aliphatic carbocycles. The molecule has 0 N–H and O–H groups in total. The van der Waals surface area contributed by atoms with Gasteiger partial charge < -0.3 is 4.90 Å². The van der Waals surface area contributed by atoms with E-state index in [0.29, 0.717) is 0 Å². The summed E-state index contributed by atoms with van der Waals surface area (Å²) in [5.74, 6) is 1.01. The second-order valence-electron chi connectivity index (χ2n) is 6.22. The molecule has 1 rings (SSSR count). The molecule has 1 aliphatic heterocycles. The number of hydrogen-bond donors (Lipinski definition) is 0. The number of halogens is 1. The summed E-state index contributed by atoms with van der Waals surface area (Å²) in [6, 6.07) is 0. The predicted octanol–water partition coefficient (Wildman–Crippen LogP) is 5.67. The van der Waals surface area contributed by atoms with Crippen LogP contribution in [-0.2, 0) is 0 Å². The Morgan fingerprint density at radius 3 is 2.32 bits per heavy atom. The van der Waals surface area contributed by atoms with Crippen LogP contribution in [0.15, 0.2) is 0 Å². The fraction of sp³-hybridized carbons (Fsp3) is 1.00. The molecule has 0 amide bonds. The van der Waals surface area contributed by atoms with E-state index in [9.17, 15) is 0 Å². The molecule has 116 valence electrons. The third-order valence-corrected chi connectivity index (χ3v) is 4.40. The highest BCUT2D eigenvalue weighted by Crippen LogP contribution is 2.22. The lowest BCUT2D eigenvalue weighted by molar-refractivity contribution is 0.164. The van der Waals surface area contributed by atoms with Crippen molar-refractivity contribution in [2.75, 3.05) is 19.6 Å². The van der Waals surface area contributed by atoms with Crippen LogP contribution in [0.4, 0.5) is 0 Å². The van der Waals surface area contributed by atoms with Gasteiger partial charge in [-0.2, -0.15) is 0 Å². The lowest BCUT2D eigenvalue weighted by Gasteiger charge is -2.32. The quantitative estimate of drug-likeness (QED) is 0.468. The summed E-state index contributed by atoms with van der Waals surface area (Å²) in [6.45, 7) is 8.75. The smallest absolute Gasteiger partial charge is 0.000966 e. The topological polar surface area (TPSA) is 3.24 Å². The molecule has 0 spiro atoms. The third-order valence-electron chi connectivity index (χ3n) is 4.40. The molecule has 0 aromatic rings. The largest absolute Gasteiger partial charge is 0.303 e. The molecule has 0 aromatic carbocycles. The van der Waals surface area contributed by atoms with Crippen LogP contribution in [0.1, 0.15) is 84.5 Å². The summed E-state index contributed by atoms with van der Waals surface area (Å²) >= 11 is 0. The van der Waals surface area contributed by atoms with Gasteiger partial charge in [0.05, 0.1) is 0 Å². The van der Waals surface area contributed by atoms with E-state index in [4.69, 9.17) is 0 Å². The molecular weight excluding hydrogens is 254 g/mol. The average molecular weight is 290 g/mol. The van der Waals surface area contributed by atoms with Crippen molar-refractivity contribution < 1.29 is 0 Å². The van der Waals surface area contributed by atoms with Crippen LogP contribution < -0.4 is 0 Å². The zero-order valence-electron chi connectivity index (χ0n) is 13.3. The number of piperidine rings is 1. The Bertz CT molecular complexity index is 184. The van der Waals surface area contributed by atoms with Crippen molar-refractivity contribution in [2.45, 2.75) is 84.5 Å². The molecule has 1 atom stereocenters. The van der Waals surface area contributed by atoms with E-state index in [1.54, 1.807) is 0 Å². The van der Waals surface area contributed by atoms with E-state index in [1.807, 2.05) is 0 Å². The Morgan fingerprint density at radius 2 is 1.58 bits per heavy atom. The summed E-state index contributed by atoms with van der Waals surface area (Å²) in [7, 11) is 0. The summed E-state index contributed by atoms with van der Waals surface area (Å²) in [4.78, 5) is 2.74. The van der Waals surface area contributed by atoms with Gasteiger partial charge in [0.25, 0.3) is 0 Å². The minimum absolute atomic E-state index is 0. The molecule has 19 heavy (non-hydrogen) atoms. The van der Waals surface area contributed by atoms with Gasteiger partial charge >= 0.3 is 0 Å². The fourth-order valence-corrected chi connectivity index (χ4v) is 3.20. The number of unbranched alkanes of at least 4 members (excludes halogenated alkanes) is 6. The molecule has 1 heterocycles. The zero-order chi connectivity index (χ0) is 13.1. The van der Waals surface area contributed by atoms with Crippen LogP contribution in [0, 0.1) is 5.92 Å². The first-order valence-electron chi connectivity index (χ1n) is 8.59. The molecule has 1 nitrogen and oxygen atoms in total. The first-order chi connectivity index (χ1) is 8.86. The molecule has 0 bridgehead atoms. The number of nitrogens with zero attached hydrogens (tertiary/aromatic N) is 1. The van der Waals surface area contributed by atoms with Gasteiger partial charge in [-0.15, -0.1) is 12.4 Å². The van der Waals surface area contributed by atoms with Crippen LogP contribution in [0.2, 0.25) is 0 Å². The first kappa shape index (κ1) is 19.2. The van der Waals surface area contributed by atoms with Crippen molar-refractivity contribution in [1.82, 2.24) is 4.90 Å². The molecule has 1 saturated heterocycles. The minimum Gasteiger partial charge on any atom is -0.303 e. The van der Waals surface area contributed by atoms with Crippen LogP contribution in [-0.4, -0.2) is 24.5 Å². The van der Waals surface area contributed by atoms with Gasteiger partial charge in [0.1, 0.15) is 0 Å². The van der Waals surface area contributed by atoms with Crippen molar-refractivity contribution in [3.05, 3.63) is 0 Å². The Balaban J connectivity index is 0.00000324. The SMILES string of the molecule is CCCCCCCCN1CCCC(CCCC)C1.Cl. The van der Waals surface area contributed by atoms with Gasteiger partial charge in [0.15, 0.2) is 0 Å². The van der Waals surface area contributed by atoms with Crippen LogP contribution in [0.5, 0.6) is 0 Å². The van der Waals surface area contributed by atoms with E-state index in [1.165, 1.54) is 90.3 Å². The van der Waals surface area contributed by atoms with E-state index in [-0.39, 0.29) is 12.4 Å². The van der Waals surface area contributed by atoms with Gasteiger partial charge in [-0.05, 0) is 44.7 Å². The molecule has 0 aromatic heterocycles. The number of hydrogen-bond acceptors (Lipinski definition) is 1. The molecule has 0 radical (unpaired) electrons. The van der Waals surface area contributed by atoms with Crippen molar-refractivity contribution in [1.29, 1.82) is 0 Å². The van der Waals surface area contributed by atoms with E-state index < -0.39 is 0 Å². The highest BCUT2D eigenvalue weighted by molar-refractivity contribution is 5.85. The average Bonchev–Trinajstić information content (AvgIpc) is 2.41. The van der Waals surface area contributed by atoms with Gasteiger partial charge in [-0.3, -0.25) is 0 Å². The van der Waals surface area contributed by atoms with Crippen molar-refractivity contribution in [2.24, 2.45) is 5.92 Å². The standard InChI is InChI=1S/C17H35N.ClH/c1-3-5-7-8-9-10-14-18-15-11-13-17(16-18)12-6-4-2;/h17H,3-16H2,1-2H3;1H. The summed E-state index contributed by atoms with van der Waals surface area (Å²) in [6.07, 6.45) is 15.8. The van der Waals surface area contributed by atoms with Crippen molar-refractivity contribution in [3.63, 3.8) is 0 Å². The van der Waals surface area contributed by atoms with Crippen molar-refractivity contribution in [3.8, 4) is 0 Å². The monoisotopic (exact) mass is 289 g/mol. The van der Waals surface area contributed by atoms with E-state index in [2.05, 4.69) is 18.7 Å². The van der Waals surface area contributed by atoms with Crippen LogP contribution >= 0.6 is 12.4 Å². The lowest BCUT2D eigenvalue weighted by Crippen LogP contribution is -2.36. The van der Waals surface area contributed by atoms with Gasteiger partial charge in [0, 0.05) is 6.54 Å². The molecule has 1 fully saturated rings. The molecule has 2 heteroatoms. The van der Waals surface area contributed by atoms with Gasteiger partial charge in [-0.25, -0.2) is 0 Å². The maximum absolute atomic E-state index is 2.74. The molecular formula is C17H36ClN. The minimum atomic E-state index is 0. The Labute approximate surface area is 127 Å². The van der Waals surface area contributed by atoms with Crippen molar-refractivity contribution >= 4 is 12.4 Å². The van der Waals surface area contributed by atoms with Gasteiger partial charge in [0.2, 0.25) is 0 Å². The highest BCUT2D eigenvalue weighted by atomic mass is 35.5. The normalized spacial score (nSPS) is 20.2. The molecule has 1 aliphatic rings. The maximum atomic E-state index is 2.74. The summed E-state index contributed by atoms with van der Waals surface area (Å²) < 4.78 is 0. The van der Waals surface area contributed by atoms with E-state index in [0.717, 1.165) is 5.92 Å². The second-order valence-corrected chi connectivity index (χ2v) is 6.22. The maximum Gasteiger partial charge on any atom is 0.000966 e. The fourth-order valence-electron chi connectivity index (χ4n) is 3.20. The lowest BCUT2D eigenvalue weighted by atomic mass is 9.93. The third kappa shape index (κ3) is 9.73. The number of likely N-dealkylation sites (tertiary alicyclic amines) is 1. The first-order valence-corrected chi connectivity index (χ1v) is 8.59. The Kier molecular flexibility index (Phi) is 13.4. The summed E-state index contributed by atoms with van der Waals surface area (Å²) in [5, 5.41) is 0. The molecule has 0 saturated carbocycles. The van der Waals surface area contributed by atoms with E-state index >= 15 is 0 Å². The van der Waals surface area contributed by atoms with Crippen LogP contribution in [0.3, 0.4) is 0 Å². The second kappa shape index (κ2) is 13.2. The Morgan fingerprint density at radius 1 is 0.895 bits per heavy atom. The Hall–Kier alpha value is 0.250. The highest BCUT2D eigenvalue weighted by Gasteiger charge is 2.18.